The molecule has 192 valence electrons. The van der Waals surface area contributed by atoms with Gasteiger partial charge in [-0.15, -0.1) is 0 Å². The number of ketones is 1. The largest absolute Gasteiger partial charge is 0.432 e. The molecule has 0 fully saturated rings. The topological polar surface area (TPSA) is 48.3 Å². The first-order chi connectivity index (χ1) is 18.6. The van der Waals surface area contributed by atoms with Crippen molar-refractivity contribution < 1.29 is 14.3 Å². The fourth-order valence-corrected chi connectivity index (χ4v) is 5.52. The van der Waals surface area contributed by atoms with Gasteiger partial charge >= 0.3 is 0 Å². The number of nitrogens with zero attached hydrogens (tertiary/aromatic N) is 1. The average molecular weight is 524 g/mol. The summed E-state index contributed by atoms with van der Waals surface area (Å²) in [5, 5.41) is 1.50. The molecule has 4 aromatic rings. The maximum atomic E-state index is 14.6. The van der Waals surface area contributed by atoms with Crippen molar-refractivity contribution in [3.05, 3.63) is 124 Å². The minimum absolute atomic E-state index is 0.136. The lowest BCUT2D eigenvalue weighted by Crippen LogP contribution is -2.14. The molecule has 0 N–H and O–H groups in total. The van der Waals surface area contributed by atoms with Gasteiger partial charge in [0.2, 0.25) is 0 Å². The van der Waals surface area contributed by atoms with Gasteiger partial charge in [-0.25, -0.2) is 0 Å². The van der Waals surface area contributed by atoms with Crippen LogP contribution in [0.2, 0.25) is 5.02 Å². The van der Waals surface area contributed by atoms with Crippen LogP contribution in [0.4, 0.5) is 0 Å². The lowest BCUT2D eigenvalue weighted by Gasteiger charge is -2.23. The minimum Gasteiger partial charge on any atom is -0.432 e. The molecule has 0 radical (unpaired) electrons. The fraction of sp³-hybridized carbons (Fsp3) is 0.212. The van der Waals surface area contributed by atoms with Gasteiger partial charge in [0.1, 0.15) is 5.76 Å². The second-order valence-corrected chi connectivity index (χ2v) is 10.00. The van der Waals surface area contributed by atoms with Crippen LogP contribution in [0.5, 0.6) is 0 Å². The van der Waals surface area contributed by atoms with Crippen molar-refractivity contribution in [3.8, 4) is 0 Å². The first kappa shape index (κ1) is 25.7. The molecule has 0 amide bonds. The van der Waals surface area contributed by atoms with E-state index in [-0.39, 0.29) is 5.78 Å². The van der Waals surface area contributed by atoms with E-state index in [1.807, 2.05) is 72.9 Å². The summed E-state index contributed by atoms with van der Waals surface area (Å²) in [5.41, 5.74) is 6.13. The molecular weight excluding hydrogens is 494 g/mol. The molecule has 0 atom stereocenters. The molecular formula is C33H30ClNO3. The molecule has 1 aliphatic rings. The Morgan fingerprint density at radius 1 is 0.947 bits per heavy atom. The Morgan fingerprint density at radius 3 is 2.39 bits per heavy atom. The number of aromatic nitrogens is 1. The van der Waals surface area contributed by atoms with Crippen LogP contribution < -0.4 is 0 Å². The van der Waals surface area contributed by atoms with Gasteiger partial charge in [0.05, 0.1) is 5.57 Å². The number of Topliss-reactive ketones (excluding diaryl/α,β-unsaturated/α-hetero) is 1. The third kappa shape index (κ3) is 5.23. The Kier molecular flexibility index (Phi) is 7.90. The Morgan fingerprint density at radius 2 is 1.66 bits per heavy atom. The van der Waals surface area contributed by atoms with E-state index in [9.17, 15) is 9.59 Å². The zero-order valence-corrected chi connectivity index (χ0v) is 22.2. The highest BCUT2D eigenvalue weighted by Gasteiger charge is 2.29. The normalized spacial score (nSPS) is 18.2. The standard InChI is InChI=1S/C33H30ClNO3/c1-2-24-12-6-9-15-30(38-22-36)32(31(24)25-16-18-26(34)19-17-25)33(37)28-21-35(20-23-10-4-3-5-11-23)29-14-8-7-13-27(28)29/h3-5,7-8,10-11,13-14,16-19,21-22H,2,6,9,12,15,20H2,1H3/b31-24+,32-30-. The third-order valence-corrected chi connectivity index (χ3v) is 7.47. The second kappa shape index (κ2) is 11.7. The predicted octanol–water partition coefficient (Wildman–Crippen LogP) is 8.39. The third-order valence-electron chi connectivity index (χ3n) is 7.22. The van der Waals surface area contributed by atoms with Gasteiger partial charge in [-0.05, 0) is 60.6 Å². The quantitative estimate of drug-likeness (QED) is 0.172. The highest BCUT2D eigenvalue weighted by molar-refractivity contribution is 6.30. The number of fused-ring (bicyclic) bond motifs is 1. The number of benzene rings is 3. The summed E-state index contributed by atoms with van der Waals surface area (Å²) in [6, 6.07) is 25.7. The summed E-state index contributed by atoms with van der Waals surface area (Å²) in [7, 11) is 0. The van der Waals surface area contributed by atoms with Crippen molar-refractivity contribution >= 4 is 40.3 Å². The Hall–Kier alpha value is -3.89. The predicted molar refractivity (Wildman–Crippen MR) is 153 cm³/mol. The number of hydrogen-bond donors (Lipinski definition) is 0. The Labute approximate surface area is 228 Å². The number of hydrogen-bond acceptors (Lipinski definition) is 3. The van der Waals surface area contributed by atoms with Crippen LogP contribution in [0, 0.1) is 0 Å². The molecule has 0 unspecified atom stereocenters. The van der Waals surface area contributed by atoms with Gasteiger partial charge in [-0.2, -0.15) is 0 Å². The first-order valence-electron chi connectivity index (χ1n) is 13.1. The van der Waals surface area contributed by atoms with Crippen LogP contribution in [0.1, 0.15) is 60.5 Å². The zero-order chi connectivity index (χ0) is 26.5. The number of ether oxygens (including phenoxy) is 1. The number of rotatable bonds is 8. The molecule has 1 heterocycles. The van der Waals surface area contributed by atoms with E-state index in [2.05, 4.69) is 23.6 Å². The van der Waals surface area contributed by atoms with Crippen LogP contribution in [0.25, 0.3) is 16.5 Å². The molecule has 0 spiro atoms. The molecule has 0 aliphatic heterocycles. The van der Waals surface area contributed by atoms with Crippen LogP contribution in [-0.2, 0) is 16.1 Å². The maximum absolute atomic E-state index is 14.6. The molecule has 0 saturated carbocycles. The SMILES string of the molecule is CC/C1=C(c2ccc(Cl)cc2)\C(C(=O)c2cn(Cc3ccccc3)c3ccccc23)=C(\OC=O)CCCC1. The number of para-hydroxylation sites is 1. The van der Waals surface area contributed by atoms with Crippen LogP contribution in [0.3, 0.4) is 0 Å². The van der Waals surface area contributed by atoms with Gasteiger partial charge < -0.3 is 9.30 Å². The van der Waals surface area contributed by atoms with Crippen molar-refractivity contribution in [2.24, 2.45) is 0 Å². The highest BCUT2D eigenvalue weighted by atomic mass is 35.5. The van der Waals surface area contributed by atoms with Crippen molar-refractivity contribution in [1.82, 2.24) is 4.57 Å². The van der Waals surface area contributed by atoms with Gasteiger partial charge in [0.25, 0.3) is 6.47 Å². The summed E-state index contributed by atoms with van der Waals surface area (Å²) in [5.74, 6) is 0.295. The minimum atomic E-state index is -0.136. The van der Waals surface area contributed by atoms with Crippen molar-refractivity contribution in [1.29, 1.82) is 0 Å². The van der Waals surface area contributed by atoms with Crippen LogP contribution in [-0.4, -0.2) is 16.8 Å². The van der Waals surface area contributed by atoms with E-state index in [0.717, 1.165) is 53.3 Å². The Balaban J connectivity index is 1.72. The van der Waals surface area contributed by atoms with Crippen molar-refractivity contribution in [2.45, 2.75) is 45.6 Å². The molecule has 38 heavy (non-hydrogen) atoms. The number of carbonyl (C=O) groups excluding carboxylic acids is 2. The summed E-state index contributed by atoms with van der Waals surface area (Å²) in [6.45, 7) is 3.19. The number of carbonyl (C=O) groups is 2. The van der Waals surface area contributed by atoms with Gasteiger partial charge in [-0.3, -0.25) is 9.59 Å². The number of allylic oxidation sites excluding steroid dienone is 4. The number of halogens is 1. The molecule has 4 nitrogen and oxygen atoms in total. The smallest absolute Gasteiger partial charge is 0.298 e. The Bertz CT molecular complexity index is 1530. The lowest BCUT2D eigenvalue weighted by molar-refractivity contribution is -0.125. The highest BCUT2D eigenvalue weighted by Crippen LogP contribution is 2.39. The van der Waals surface area contributed by atoms with Crippen molar-refractivity contribution in [3.63, 3.8) is 0 Å². The first-order valence-corrected chi connectivity index (χ1v) is 13.5. The zero-order valence-electron chi connectivity index (χ0n) is 21.5. The molecule has 5 heteroatoms. The van der Waals surface area contributed by atoms with E-state index in [1.165, 1.54) is 5.57 Å². The summed E-state index contributed by atoms with van der Waals surface area (Å²) in [4.78, 5) is 26.2. The van der Waals surface area contributed by atoms with E-state index in [0.29, 0.717) is 41.4 Å². The van der Waals surface area contributed by atoms with E-state index in [1.54, 1.807) is 0 Å². The molecule has 1 aromatic heterocycles. The molecule has 0 saturated heterocycles. The fourth-order valence-electron chi connectivity index (χ4n) is 5.40. The maximum Gasteiger partial charge on any atom is 0.298 e. The molecule has 0 bridgehead atoms. The van der Waals surface area contributed by atoms with Gasteiger partial charge in [-0.1, -0.05) is 84.8 Å². The van der Waals surface area contributed by atoms with Crippen molar-refractivity contribution in [2.75, 3.05) is 0 Å². The van der Waals surface area contributed by atoms with E-state index in [4.69, 9.17) is 16.3 Å². The monoisotopic (exact) mass is 523 g/mol. The molecule has 3 aromatic carbocycles. The summed E-state index contributed by atoms with van der Waals surface area (Å²) < 4.78 is 7.69. The van der Waals surface area contributed by atoms with E-state index >= 15 is 0 Å². The molecule has 1 aliphatic carbocycles. The van der Waals surface area contributed by atoms with Gasteiger partial charge in [0, 0.05) is 40.7 Å². The summed E-state index contributed by atoms with van der Waals surface area (Å²) in [6.07, 6.45) is 5.94. The van der Waals surface area contributed by atoms with Crippen LogP contribution >= 0.6 is 11.6 Å². The van der Waals surface area contributed by atoms with Crippen LogP contribution in [0.15, 0.2) is 102 Å². The lowest BCUT2D eigenvalue weighted by atomic mass is 9.82. The molecule has 5 rings (SSSR count). The average Bonchev–Trinajstić information content (AvgIpc) is 3.30. The van der Waals surface area contributed by atoms with Gasteiger partial charge in [0.15, 0.2) is 5.78 Å². The summed E-state index contributed by atoms with van der Waals surface area (Å²) >= 11 is 6.22. The van der Waals surface area contributed by atoms with E-state index < -0.39 is 0 Å². The second-order valence-electron chi connectivity index (χ2n) is 9.56.